The molecule has 1 saturated carbocycles. The third-order valence-corrected chi connectivity index (χ3v) is 3.03. The maximum absolute atomic E-state index is 10.2. The van der Waals surface area contributed by atoms with E-state index in [9.17, 15) is 4.91 Å². The van der Waals surface area contributed by atoms with E-state index in [1.165, 1.54) is 0 Å². The molecule has 10 heavy (non-hydrogen) atoms. The summed E-state index contributed by atoms with van der Waals surface area (Å²) < 4.78 is 0. The van der Waals surface area contributed by atoms with Crippen LogP contribution in [0.1, 0.15) is 6.42 Å². The molecule has 54 valence electrons. The molecule has 0 spiro atoms. The summed E-state index contributed by atoms with van der Waals surface area (Å²) in [7, 11) is 0. The van der Waals surface area contributed by atoms with Crippen molar-refractivity contribution in [1.82, 2.24) is 0 Å². The molecule has 0 amide bonds. The zero-order chi connectivity index (χ0) is 7.14. The Morgan fingerprint density at radius 3 is 2.50 bits per heavy atom. The second kappa shape index (κ2) is 2.06. The van der Waals surface area contributed by atoms with Crippen molar-refractivity contribution in [2.45, 2.75) is 17.8 Å². The fourth-order valence-electron chi connectivity index (χ4n) is 1.87. The summed E-state index contributed by atoms with van der Waals surface area (Å²) in [6, 6.07) is -0.156. The highest BCUT2D eigenvalue weighted by atomic mass is 35.5. The van der Waals surface area contributed by atoms with Gasteiger partial charge in [-0.3, -0.25) is 0 Å². The monoisotopic (exact) mass is 157 g/mol. The number of hydrogen-bond donors (Lipinski definition) is 0. The van der Waals surface area contributed by atoms with Crippen LogP contribution in [0.3, 0.4) is 0 Å². The molecular formula is C7H8ClNO. The Bertz CT molecular complexity index is 192. The number of nitrogens with zero attached hydrogens (tertiary/aromatic N) is 1. The number of hydrogen-bond acceptors (Lipinski definition) is 2. The van der Waals surface area contributed by atoms with E-state index in [4.69, 9.17) is 11.6 Å². The predicted molar refractivity (Wildman–Crippen MR) is 40.0 cm³/mol. The second-order valence-corrected chi connectivity index (χ2v) is 3.49. The minimum Gasteiger partial charge on any atom is -0.150 e. The lowest BCUT2D eigenvalue weighted by Gasteiger charge is -2.14. The van der Waals surface area contributed by atoms with E-state index in [0.29, 0.717) is 11.8 Å². The third-order valence-electron chi connectivity index (χ3n) is 2.45. The summed E-state index contributed by atoms with van der Waals surface area (Å²) >= 11 is 5.93. The zero-order valence-electron chi connectivity index (χ0n) is 5.40. The molecule has 0 aromatic heterocycles. The summed E-state index contributed by atoms with van der Waals surface area (Å²) in [5, 5.41) is 2.98. The van der Waals surface area contributed by atoms with Crippen LogP contribution in [0, 0.1) is 16.7 Å². The highest BCUT2D eigenvalue weighted by molar-refractivity contribution is 6.21. The topological polar surface area (TPSA) is 29.4 Å². The summed E-state index contributed by atoms with van der Waals surface area (Å²) in [5.74, 6) is 0.749. The summed E-state index contributed by atoms with van der Waals surface area (Å²) in [6.07, 6.45) is 5.20. The van der Waals surface area contributed by atoms with Crippen LogP contribution in [-0.2, 0) is 0 Å². The van der Waals surface area contributed by atoms with Gasteiger partial charge in [0, 0.05) is 5.92 Å². The van der Waals surface area contributed by atoms with E-state index in [2.05, 4.69) is 17.3 Å². The van der Waals surface area contributed by atoms with Gasteiger partial charge in [-0.1, -0.05) is 17.3 Å². The zero-order valence-corrected chi connectivity index (χ0v) is 6.16. The van der Waals surface area contributed by atoms with Crippen molar-refractivity contribution >= 4 is 11.6 Å². The fourth-order valence-corrected chi connectivity index (χ4v) is 2.29. The smallest absolute Gasteiger partial charge is 0.115 e. The molecule has 1 fully saturated rings. The molecule has 0 aromatic rings. The van der Waals surface area contributed by atoms with E-state index < -0.39 is 0 Å². The van der Waals surface area contributed by atoms with Crippen LogP contribution in [-0.4, -0.2) is 11.4 Å². The lowest BCUT2D eigenvalue weighted by atomic mass is 10.0. The van der Waals surface area contributed by atoms with Gasteiger partial charge in [-0.2, -0.15) is 4.91 Å². The molecule has 0 aliphatic heterocycles. The molecule has 2 nitrogen and oxygen atoms in total. The summed E-state index contributed by atoms with van der Waals surface area (Å²) in [6.45, 7) is 0. The maximum Gasteiger partial charge on any atom is 0.115 e. The fraction of sp³-hybridized carbons (Fsp3) is 0.714. The first kappa shape index (κ1) is 6.35. The van der Waals surface area contributed by atoms with Crippen LogP contribution in [0.25, 0.3) is 0 Å². The van der Waals surface area contributed by atoms with Crippen molar-refractivity contribution in [3.63, 3.8) is 0 Å². The first-order valence-corrected chi connectivity index (χ1v) is 3.91. The first-order chi connectivity index (χ1) is 4.83. The van der Waals surface area contributed by atoms with Gasteiger partial charge in [0.2, 0.25) is 0 Å². The molecule has 0 N–H and O–H groups in total. The molecule has 3 heteroatoms. The number of rotatable bonds is 1. The Kier molecular flexibility index (Phi) is 1.31. The highest BCUT2D eigenvalue weighted by Gasteiger charge is 2.44. The molecule has 0 unspecified atom stereocenters. The molecule has 4 atom stereocenters. The Balaban J connectivity index is 2.25. The Hall–Kier alpha value is -0.370. The van der Waals surface area contributed by atoms with Gasteiger partial charge in [0.1, 0.15) is 6.04 Å². The number of alkyl halides is 1. The minimum absolute atomic E-state index is 0.0347. The van der Waals surface area contributed by atoms with Crippen LogP contribution >= 0.6 is 11.6 Å². The van der Waals surface area contributed by atoms with Gasteiger partial charge in [0.15, 0.2) is 0 Å². The van der Waals surface area contributed by atoms with Crippen molar-refractivity contribution < 1.29 is 0 Å². The second-order valence-electron chi connectivity index (χ2n) is 2.99. The molecular weight excluding hydrogens is 150 g/mol. The SMILES string of the molecule is O=N[C@H]1[C@@H](Cl)[C@H]2C=C[C@H]1C2. The Labute approximate surface area is 64.2 Å². The van der Waals surface area contributed by atoms with E-state index in [0.717, 1.165) is 6.42 Å². The standard InChI is InChI=1S/C7H8ClNO/c8-6-4-1-2-5(3-4)7(6)9-10/h1-2,4-7H,3H2/t4-,5-,6-,7+/m0/s1. The normalized spacial score (nSPS) is 50.1. The predicted octanol–water partition coefficient (Wildman–Crippen LogP) is 1.93. The van der Waals surface area contributed by atoms with Gasteiger partial charge in [-0.15, -0.1) is 11.6 Å². The average Bonchev–Trinajstić information content (AvgIpc) is 2.46. The molecule has 0 aromatic carbocycles. The summed E-state index contributed by atoms with van der Waals surface area (Å²) in [5.41, 5.74) is 0. The quantitative estimate of drug-likeness (QED) is 0.325. The lowest BCUT2D eigenvalue weighted by molar-refractivity contribution is 0.580. The van der Waals surface area contributed by atoms with E-state index in [1.54, 1.807) is 0 Å². The maximum atomic E-state index is 10.2. The van der Waals surface area contributed by atoms with Gasteiger partial charge in [0.25, 0.3) is 0 Å². The molecule has 2 aliphatic rings. The molecule has 2 rings (SSSR count). The number of allylic oxidation sites excluding steroid dienone is 1. The van der Waals surface area contributed by atoms with E-state index in [1.807, 2.05) is 0 Å². The van der Waals surface area contributed by atoms with Crippen LogP contribution in [0.15, 0.2) is 17.3 Å². The molecule has 0 heterocycles. The molecule has 2 bridgehead atoms. The summed E-state index contributed by atoms with van der Waals surface area (Å²) in [4.78, 5) is 10.2. The first-order valence-electron chi connectivity index (χ1n) is 3.48. The van der Waals surface area contributed by atoms with Crippen molar-refractivity contribution in [1.29, 1.82) is 0 Å². The van der Waals surface area contributed by atoms with Crippen LogP contribution < -0.4 is 0 Å². The van der Waals surface area contributed by atoms with Crippen molar-refractivity contribution in [3.8, 4) is 0 Å². The Morgan fingerprint density at radius 2 is 2.10 bits per heavy atom. The van der Waals surface area contributed by atoms with E-state index >= 15 is 0 Å². The van der Waals surface area contributed by atoms with Gasteiger partial charge in [0.05, 0.1) is 5.38 Å². The van der Waals surface area contributed by atoms with E-state index in [-0.39, 0.29) is 11.4 Å². The van der Waals surface area contributed by atoms with Crippen LogP contribution in [0.5, 0.6) is 0 Å². The van der Waals surface area contributed by atoms with Gasteiger partial charge in [-0.05, 0) is 12.3 Å². The molecule has 2 aliphatic carbocycles. The van der Waals surface area contributed by atoms with Crippen molar-refractivity contribution in [2.75, 3.05) is 0 Å². The molecule has 0 radical (unpaired) electrons. The highest BCUT2D eigenvalue weighted by Crippen LogP contribution is 2.43. The third kappa shape index (κ3) is 0.655. The van der Waals surface area contributed by atoms with Crippen LogP contribution in [0.4, 0.5) is 0 Å². The largest absolute Gasteiger partial charge is 0.150 e. The number of fused-ring (bicyclic) bond motifs is 2. The van der Waals surface area contributed by atoms with Crippen LogP contribution in [0.2, 0.25) is 0 Å². The van der Waals surface area contributed by atoms with Crippen molar-refractivity contribution in [3.05, 3.63) is 17.1 Å². The van der Waals surface area contributed by atoms with Gasteiger partial charge < -0.3 is 0 Å². The Morgan fingerprint density at radius 1 is 1.40 bits per heavy atom. The molecule has 0 saturated heterocycles. The van der Waals surface area contributed by atoms with Crippen molar-refractivity contribution in [2.24, 2.45) is 17.0 Å². The van der Waals surface area contributed by atoms with Gasteiger partial charge in [-0.25, -0.2) is 0 Å². The minimum atomic E-state index is -0.156. The average molecular weight is 158 g/mol. The number of nitroso groups, excluding NO2 is 1. The lowest BCUT2D eigenvalue weighted by Crippen LogP contribution is -2.22. The number of halogens is 1. The van der Waals surface area contributed by atoms with Gasteiger partial charge >= 0.3 is 0 Å².